The molecule has 22 heavy (non-hydrogen) atoms. The average Bonchev–Trinajstić information content (AvgIpc) is 2.51. The third-order valence-electron chi connectivity index (χ3n) is 5.17. The third-order valence-corrected chi connectivity index (χ3v) is 5.17. The summed E-state index contributed by atoms with van der Waals surface area (Å²) >= 11 is 0. The van der Waals surface area contributed by atoms with Crippen molar-refractivity contribution in [1.82, 2.24) is 0 Å². The maximum atomic E-state index is 10.7. The van der Waals surface area contributed by atoms with E-state index in [0.717, 1.165) is 5.56 Å². The topological polar surface area (TPSA) is 20.2 Å². The second kappa shape index (κ2) is 5.73. The molecule has 0 bridgehead atoms. The van der Waals surface area contributed by atoms with Crippen LogP contribution in [0.15, 0.2) is 55.1 Å². The number of aryl methyl sites for hydroxylation is 2. The van der Waals surface area contributed by atoms with Gasteiger partial charge in [0.25, 0.3) is 0 Å². The van der Waals surface area contributed by atoms with Gasteiger partial charge in [0.2, 0.25) is 0 Å². The minimum atomic E-state index is -0.416. The first-order valence-electron chi connectivity index (χ1n) is 8.01. The Balaban J connectivity index is 2.22. The van der Waals surface area contributed by atoms with Gasteiger partial charge < -0.3 is 5.11 Å². The summed E-state index contributed by atoms with van der Waals surface area (Å²) in [6.45, 7) is 10.5. The standard InChI is InChI=1S/C21H24O/c1-5-16-15(4)21(22)19-9-7-6-8-18(19)20(16)17-11-10-13(2)12-14(17)3/h5-12,15-16,20-22H,1H2,2-4H3/t15-,16+,20+,21-/m0/s1. The summed E-state index contributed by atoms with van der Waals surface area (Å²) in [6.07, 6.45) is 1.61. The Kier molecular flexibility index (Phi) is 3.92. The zero-order valence-electron chi connectivity index (χ0n) is 13.6. The normalized spacial score (nSPS) is 27.3. The van der Waals surface area contributed by atoms with Crippen LogP contribution in [-0.2, 0) is 0 Å². The van der Waals surface area contributed by atoms with Crippen LogP contribution in [0.1, 0.15) is 46.8 Å². The van der Waals surface area contributed by atoms with Crippen LogP contribution >= 0.6 is 0 Å². The minimum absolute atomic E-state index is 0.165. The molecule has 1 aliphatic carbocycles. The number of benzene rings is 2. The van der Waals surface area contributed by atoms with Crippen LogP contribution in [0.4, 0.5) is 0 Å². The molecule has 0 radical (unpaired) electrons. The summed E-state index contributed by atoms with van der Waals surface area (Å²) in [7, 11) is 0. The number of aliphatic hydroxyl groups is 1. The summed E-state index contributed by atoms with van der Waals surface area (Å²) < 4.78 is 0. The van der Waals surface area contributed by atoms with E-state index in [9.17, 15) is 5.11 Å². The van der Waals surface area contributed by atoms with Crippen LogP contribution in [-0.4, -0.2) is 5.11 Å². The van der Waals surface area contributed by atoms with Crippen molar-refractivity contribution in [3.63, 3.8) is 0 Å². The van der Waals surface area contributed by atoms with Gasteiger partial charge in [0.15, 0.2) is 0 Å². The van der Waals surface area contributed by atoms with Gasteiger partial charge in [0.1, 0.15) is 0 Å². The third kappa shape index (κ3) is 2.30. The zero-order valence-corrected chi connectivity index (χ0v) is 13.6. The van der Waals surface area contributed by atoms with E-state index >= 15 is 0 Å². The Bertz CT molecular complexity index is 701. The van der Waals surface area contributed by atoms with Crippen LogP contribution in [0.3, 0.4) is 0 Å². The summed E-state index contributed by atoms with van der Waals surface area (Å²) in [5.41, 5.74) is 6.26. The van der Waals surface area contributed by atoms with Gasteiger partial charge in [-0.15, -0.1) is 6.58 Å². The first-order valence-corrected chi connectivity index (χ1v) is 8.01. The van der Waals surface area contributed by atoms with Crippen LogP contribution < -0.4 is 0 Å². The fraction of sp³-hybridized carbons (Fsp3) is 0.333. The summed E-state index contributed by atoms with van der Waals surface area (Å²) in [5, 5.41) is 10.7. The molecule has 0 heterocycles. The lowest BCUT2D eigenvalue weighted by Crippen LogP contribution is -2.31. The van der Waals surface area contributed by atoms with Gasteiger partial charge in [-0.05, 0) is 47.9 Å². The van der Waals surface area contributed by atoms with Crippen molar-refractivity contribution >= 4 is 0 Å². The van der Waals surface area contributed by atoms with Crippen molar-refractivity contribution in [3.05, 3.63) is 82.9 Å². The van der Waals surface area contributed by atoms with E-state index in [0.29, 0.717) is 0 Å². The molecule has 0 fully saturated rings. The monoisotopic (exact) mass is 292 g/mol. The van der Waals surface area contributed by atoms with Crippen molar-refractivity contribution in [2.45, 2.75) is 32.8 Å². The van der Waals surface area contributed by atoms with Crippen molar-refractivity contribution in [2.24, 2.45) is 11.8 Å². The Morgan fingerprint density at radius 3 is 2.32 bits per heavy atom. The molecule has 2 aromatic rings. The summed E-state index contributed by atoms with van der Waals surface area (Å²) in [5.74, 6) is 0.678. The molecule has 0 unspecified atom stereocenters. The molecule has 114 valence electrons. The quantitative estimate of drug-likeness (QED) is 0.779. The Hall–Kier alpha value is -1.86. The number of allylic oxidation sites excluding steroid dienone is 1. The summed E-state index contributed by atoms with van der Waals surface area (Å²) in [4.78, 5) is 0. The molecule has 0 aliphatic heterocycles. The Labute approximate surface area is 133 Å². The lowest BCUT2D eigenvalue weighted by molar-refractivity contribution is 0.0775. The maximum Gasteiger partial charge on any atom is 0.0824 e. The van der Waals surface area contributed by atoms with Gasteiger partial charge in [-0.3, -0.25) is 0 Å². The smallest absolute Gasteiger partial charge is 0.0824 e. The predicted octanol–water partition coefficient (Wildman–Crippen LogP) is 4.92. The number of hydrogen-bond acceptors (Lipinski definition) is 1. The van der Waals surface area contributed by atoms with Crippen LogP contribution in [0, 0.1) is 25.7 Å². The molecule has 1 nitrogen and oxygen atoms in total. The molecule has 3 rings (SSSR count). The first-order chi connectivity index (χ1) is 10.5. The molecule has 2 aromatic carbocycles. The molecule has 0 spiro atoms. The molecule has 1 aliphatic rings. The molecule has 0 aromatic heterocycles. The van der Waals surface area contributed by atoms with Gasteiger partial charge in [-0.1, -0.05) is 61.0 Å². The molecule has 0 saturated carbocycles. The van der Waals surface area contributed by atoms with E-state index < -0.39 is 6.10 Å². The Morgan fingerprint density at radius 2 is 1.68 bits per heavy atom. The molecule has 0 amide bonds. The highest BCUT2D eigenvalue weighted by Gasteiger charge is 2.39. The van der Waals surface area contributed by atoms with Gasteiger partial charge in [-0.25, -0.2) is 0 Å². The van der Waals surface area contributed by atoms with Crippen molar-refractivity contribution < 1.29 is 5.11 Å². The van der Waals surface area contributed by atoms with Crippen molar-refractivity contribution in [3.8, 4) is 0 Å². The van der Waals surface area contributed by atoms with Gasteiger partial charge in [0, 0.05) is 5.92 Å². The van der Waals surface area contributed by atoms with E-state index in [-0.39, 0.29) is 17.8 Å². The summed E-state index contributed by atoms with van der Waals surface area (Å²) in [6, 6.07) is 15.0. The largest absolute Gasteiger partial charge is 0.388 e. The average molecular weight is 292 g/mol. The van der Waals surface area contributed by atoms with Gasteiger partial charge >= 0.3 is 0 Å². The van der Waals surface area contributed by atoms with Crippen LogP contribution in [0.5, 0.6) is 0 Å². The SMILES string of the molecule is C=C[C@H]1[C@H](c2ccc(C)cc2C)c2ccccc2[C@@H](O)[C@H]1C. The van der Waals surface area contributed by atoms with Crippen molar-refractivity contribution in [2.75, 3.05) is 0 Å². The van der Waals surface area contributed by atoms with E-state index in [2.05, 4.69) is 63.7 Å². The molecule has 0 saturated heterocycles. The number of fused-ring (bicyclic) bond motifs is 1. The lowest BCUT2D eigenvalue weighted by Gasteiger charge is -2.40. The van der Waals surface area contributed by atoms with E-state index in [4.69, 9.17) is 0 Å². The fourth-order valence-electron chi connectivity index (χ4n) is 3.97. The van der Waals surface area contributed by atoms with Crippen molar-refractivity contribution in [1.29, 1.82) is 0 Å². The Morgan fingerprint density at radius 1 is 1.00 bits per heavy atom. The van der Waals surface area contributed by atoms with E-state index in [1.807, 2.05) is 12.1 Å². The second-order valence-corrected chi connectivity index (χ2v) is 6.58. The lowest BCUT2D eigenvalue weighted by atomic mass is 9.65. The van der Waals surface area contributed by atoms with Gasteiger partial charge in [0.05, 0.1) is 6.10 Å². The molecular formula is C21H24O. The number of rotatable bonds is 2. The highest BCUT2D eigenvalue weighted by Crippen LogP contribution is 2.49. The van der Waals surface area contributed by atoms with E-state index in [1.54, 1.807) is 0 Å². The van der Waals surface area contributed by atoms with Crippen LogP contribution in [0.25, 0.3) is 0 Å². The molecule has 1 heteroatoms. The number of hydrogen-bond donors (Lipinski definition) is 1. The highest BCUT2D eigenvalue weighted by atomic mass is 16.3. The maximum absolute atomic E-state index is 10.7. The minimum Gasteiger partial charge on any atom is -0.388 e. The molecule has 4 atom stereocenters. The van der Waals surface area contributed by atoms with E-state index in [1.165, 1.54) is 22.3 Å². The fourth-order valence-corrected chi connectivity index (χ4v) is 3.97. The predicted molar refractivity (Wildman–Crippen MR) is 92.0 cm³/mol. The second-order valence-electron chi connectivity index (χ2n) is 6.58. The first kappa shape index (κ1) is 15.1. The molecule has 1 N–H and O–H groups in total. The highest BCUT2D eigenvalue weighted by molar-refractivity contribution is 5.46. The van der Waals surface area contributed by atoms with Gasteiger partial charge in [-0.2, -0.15) is 0 Å². The zero-order chi connectivity index (χ0) is 15.9. The molecular weight excluding hydrogens is 268 g/mol. The van der Waals surface area contributed by atoms with Crippen LogP contribution in [0.2, 0.25) is 0 Å². The number of aliphatic hydroxyl groups excluding tert-OH is 1.